The summed E-state index contributed by atoms with van der Waals surface area (Å²) in [4.78, 5) is 27.5. The van der Waals surface area contributed by atoms with Crippen LogP contribution in [0.1, 0.15) is 88.9 Å². The van der Waals surface area contributed by atoms with Crippen molar-refractivity contribution in [3.8, 4) is 0 Å². The second-order valence-corrected chi connectivity index (χ2v) is 12.3. The molecule has 0 saturated carbocycles. The third kappa shape index (κ3) is 5.43. The molecule has 0 amide bonds. The first kappa shape index (κ1) is 25.7. The van der Waals surface area contributed by atoms with E-state index in [1.807, 2.05) is 0 Å². The molecular weight excluding hydrogens is 416 g/mol. The zero-order chi connectivity index (χ0) is 24.8. The van der Waals surface area contributed by atoms with Gasteiger partial charge in [-0.25, -0.2) is 9.59 Å². The lowest BCUT2D eigenvalue weighted by Crippen LogP contribution is -2.47. The summed E-state index contributed by atoms with van der Waals surface area (Å²) < 4.78 is 11.3. The standard InChI is InChI=1S/C27H42N2O4/c1-24(2)14-20(26(5,6)28-24)16-32-22(30)18-10-12-19(13-11-18)23(31)33-17-21-15-25(3,4)29(9)27(21,7)8/h10-13,20-21,28H,14-17H2,1-9H3. The van der Waals surface area contributed by atoms with Gasteiger partial charge in [-0.1, -0.05) is 0 Å². The van der Waals surface area contributed by atoms with Gasteiger partial charge in [0.05, 0.1) is 24.3 Å². The topological polar surface area (TPSA) is 67.9 Å². The Bertz CT molecular complexity index is 886. The van der Waals surface area contributed by atoms with E-state index in [2.05, 4.69) is 72.7 Å². The Kier molecular flexibility index (Phi) is 6.77. The molecule has 2 fully saturated rings. The molecule has 1 aromatic rings. The number of nitrogens with zero attached hydrogens (tertiary/aromatic N) is 1. The van der Waals surface area contributed by atoms with Gasteiger partial charge in [-0.05, 0) is 99.5 Å². The number of nitrogens with one attached hydrogen (secondary N) is 1. The molecule has 0 spiro atoms. The Morgan fingerprint density at radius 3 is 1.67 bits per heavy atom. The van der Waals surface area contributed by atoms with Crippen LogP contribution >= 0.6 is 0 Å². The van der Waals surface area contributed by atoms with Crippen LogP contribution in [0.2, 0.25) is 0 Å². The maximum atomic E-state index is 12.6. The molecule has 2 aliphatic heterocycles. The number of carbonyl (C=O) groups excluding carboxylic acids is 2. The smallest absolute Gasteiger partial charge is 0.338 e. The quantitative estimate of drug-likeness (QED) is 0.625. The zero-order valence-corrected chi connectivity index (χ0v) is 21.9. The minimum atomic E-state index is -0.367. The molecule has 3 rings (SSSR count). The molecule has 0 aliphatic carbocycles. The molecule has 0 aromatic heterocycles. The van der Waals surface area contributed by atoms with Crippen molar-refractivity contribution in [3.63, 3.8) is 0 Å². The van der Waals surface area contributed by atoms with E-state index in [0.717, 1.165) is 12.8 Å². The number of carbonyl (C=O) groups is 2. The van der Waals surface area contributed by atoms with Gasteiger partial charge in [0.1, 0.15) is 0 Å². The normalized spacial score (nSPS) is 27.3. The van der Waals surface area contributed by atoms with Crippen LogP contribution in [0.4, 0.5) is 0 Å². The van der Waals surface area contributed by atoms with Gasteiger partial charge >= 0.3 is 11.9 Å². The average molecular weight is 459 g/mol. The highest BCUT2D eigenvalue weighted by Crippen LogP contribution is 2.43. The minimum Gasteiger partial charge on any atom is -0.462 e. The van der Waals surface area contributed by atoms with Crippen molar-refractivity contribution in [3.05, 3.63) is 35.4 Å². The Morgan fingerprint density at radius 2 is 1.30 bits per heavy atom. The van der Waals surface area contributed by atoms with E-state index < -0.39 is 0 Å². The number of ether oxygens (including phenoxy) is 2. The third-order valence-corrected chi connectivity index (χ3v) is 8.14. The summed E-state index contributed by atoms with van der Waals surface area (Å²) in [6, 6.07) is 6.55. The van der Waals surface area contributed by atoms with Crippen molar-refractivity contribution in [2.75, 3.05) is 20.3 Å². The fourth-order valence-corrected chi connectivity index (χ4v) is 5.73. The number of hydrogen-bond acceptors (Lipinski definition) is 6. The number of rotatable bonds is 6. The maximum absolute atomic E-state index is 12.6. The molecule has 2 aliphatic rings. The van der Waals surface area contributed by atoms with E-state index in [4.69, 9.17) is 9.47 Å². The summed E-state index contributed by atoms with van der Waals surface area (Å²) in [7, 11) is 2.13. The van der Waals surface area contributed by atoms with Crippen molar-refractivity contribution in [2.45, 2.75) is 90.4 Å². The number of hydrogen-bond donors (Lipinski definition) is 1. The Morgan fingerprint density at radius 1 is 0.848 bits per heavy atom. The van der Waals surface area contributed by atoms with Crippen LogP contribution in [-0.4, -0.2) is 59.3 Å². The second kappa shape index (κ2) is 8.70. The lowest BCUT2D eigenvalue weighted by Gasteiger charge is -2.38. The summed E-state index contributed by atoms with van der Waals surface area (Å²) in [5, 5.41) is 3.60. The molecule has 6 heteroatoms. The van der Waals surface area contributed by atoms with Crippen LogP contribution in [0.3, 0.4) is 0 Å². The van der Waals surface area contributed by atoms with Crippen LogP contribution in [-0.2, 0) is 9.47 Å². The van der Waals surface area contributed by atoms with E-state index in [-0.39, 0.29) is 45.9 Å². The highest BCUT2D eigenvalue weighted by molar-refractivity contribution is 5.93. The van der Waals surface area contributed by atoms with Gasteiger partial charge < -0.3 is 14.8 Å². The van der Waals surface area contributed by atoms with Crippen molar-refractivity contribution in [1.82, 2.24) is 10.2 Å². The Hall–Kier alpha value is -1.92. The molecule has 184 valence electrons. The van der Waals surface area contributed by atoms with Crippen LogP contribution < -0.4 is 5.32 Å². The molecule has 2 saturated heterocycles. The highest BCUT2D eigenvalue weighted by Gasteiger charge is 2.49. The first-order valence-electron chi connectivity index (χ1n) is 12.0. The molecule has 6 nitrogen and oxygen atoms in total. The molecule has 2 heterocycles. The summed E-state index contributed by atoms with van der Waals surface area (Å²) in [5.41, 5.74) is 0.849. The van der Waals surface area contributed by atoms with Gasteiger partial charge in [-0.3, -0.25) is 4.90 Å². The third-order valence-electron chi connectivity index (χ3n) is 8.14. The first-order valence-corrected chi connectivity index (χ1v) is 12.0. The van der Waals surface area contributed by atoms with Crippen molar-refractivity contribution in [2.24, 2.45) is 11.8 Å². The largest absolute Gasteiger partial charge is 0.462 e. The SMILES string of the molecule is CN1C(C)(C)CC(COC(=O)c2ccc(C(=O)OCC3CC(C)(C)NC3(C)C)cc2)C1(C)C. The lowest BCUT2D eigenvalue weighted by atomic mass is 9.87. The lowest BCUT2D eigenvalue weighted by molar-refractivity contribution is 0.0325. The van der Waals surface area contributed by atoms with Gasteiger partial charge in [0.15, 0.2) is 0 Å². The van der Waals surface area contributed by atoms with Crippen molar-refractivity contribution >= 4 is 11.9 Å². The van der Waals surface area contributed by atoms with Crippen molar-refractivity contribution < 1.29 is 19.1 Å². The first-order chi connectivity index (χ1) is 15.1. The van der Waals surface area contributed by atoms with E-state index in [1.54, 1.807) is 24.3 Å². The van der Waals surface area contributed by atoms with E-state index in [0.29, 0.717) is 24.3 Å². The van der Waals surface area contributed by atoms with E-state index in [1.165, 1.54) is 0 Å². The summed E-state index contributed by atoms with van der Waals surface area (Å²) in [5.74, 6) is -0.225. The Balaban J connectivity index is 1.53. The minimum absolute atomic E-state index is 0.0292. The molecule has 2 atom stereocenters. The number of esters is 2. The second-order valence-electron chi connectivity index (χ2n) is 12.3. The average Bonchev–Trinajstić information content (AvgIpc) is 3.02. The van der Waals surface area contributed by atoms with Gasteiger partial charge in [0.2, 0.25) is 0 Å². The maximum Gasteiger partial charge on any atom is 0.338 e. The van der Waals surface area contributed by atoms with Gasteiger partial charge in [0, 0.05) is 34.0 Å². The van der Waals surface area contributed by atoms with Gasteiger partial charge in [0.25, 0.3) is 0 Å². The molecule has 1 aromatic carbocycles. The van der Waals surface area contributed by atoms with Crippen LogP contribution in [0.15, 0.2) is 24.3 Å². The Labute approximate surface area is 199 Å². The molecule has 1 N–H and O–H groups in total. The molecule has 0 radical (unpaired) electrons. The summed E-state index contributed by atoms with van der Waals surface area (Å²) in [6.07, 6.45) is 1.92. The van der Waals surface area contributed by atoms with Crippen molar-refractivity contribution in [1.29, 1.82) is 0 Å². The monoisotopic (exact) mass is 458 g/mol. The predicted octanol–water partition coefficient (Wildman–Crippen LogP) is 4.68. The number of benzene rings is 1. The molecule has 2 unspecified atom stereocenters. The highest BCUT2D eigenvalue weighted by atomic mass is 16.5. The van der Waals surface area contributed by atoms with Crippen LogP contribution in [0, 0.1) is 11.8 Å². The van der Waals surface area contributed by atoms with E-state index in [9.17, 15) is 9.59 Å². The fourth-order valence-electron chi connectivity index (χ4n) is 5.73. The van der Waals surface area contributed by atoms with Gasteiger partial charge in [-0.15, -0.1) is 0 Å². The van der Waals surface area contributed by atoms with E-state index >= 15 is 0 Å². The molecule has 33 heavy (non-hydrogen) atoms. The summed E-state index contributed by atoms with van der Waals surface area (Å²) >= 11 is 0. The molecular formula is C27H42N2O4. The van der Waals surface area contributed by atoms with Crippen LogP contribution in [0.5, 0.6) is 0 Å². The number of likely N-dealkylation sites (tertiary alicyclic amines) is 1. The fraction of sp³-hybridized carbons (Fsp3) is 0.704. The predicted molar refractivity (Wildman–Crippen MR) is 130 cm³/mol. The molecule has 0 bridgehead atoms. The zero-order valence-electron chi connectivity index (χ0n) is 21.9. The van der Waals surface area contributed by atoms with Gasteiger partial charge in [-0.2, -0.15) is 0 Å². The summed E-state index contributed by atoms with van der Waals surface area (Å²) in [6.45, 7) is 18.2. The van der Waals surface area contributed by atoms with Crippen LogP contribution in [0.25, 0.3) is 0 Å².